The largest absolute Gasteiger partial charge is 0.370 e. The first-order chi connectivity index (χ1) is 37.8. The maximum absolute atomic E-state index is 13.6. The standard InChI is InChI=1S/C60H116N12O6/c1-3-5-7-9-11-13-15-17-19-21-23-25-27-29-31-33-35-41-53(73)66-47-49-72(50-48-67-54(74)42-36-34-32-30-28-26-24-22-20-18-16-14-12-10-8-6-4-2)56(76)44-43-55(75)70-52(40-38-46-69-60(64)65)58(78)71-51(57(61)77)39-37-45-68-59(62)63/h43-44,51-52H,3-42,45-50H2,1-2H3,(H2,61,77)(H,66,73)(H,67,74)(H,70,75)(H,71,78)(H4,62,63,68)(H4,64,65,69)/b44-43-/t51-,52-/m0/s1. The van der Waals surface area contributed by atoms with Crippen LogP contribution in [0.4, 0.5) is 0 Å². The normalized spacial score (nSPS) is 11.9. The minimum atomic E-state index is -1.13. The summed E-state index contributed by atoms with van der Waals surface area (Å²) in [5, 5.41) is 11.1. The Balaban J connectivity index is 5.15. The van der Waals surface area contributed by atoms with Crippen LogP contribution in [0.25, 0.3) is 0 Å². The molecule has 0 aliphatic heterocycles. The first-order valence-corrected chi connectivity index (χ1v) is 31.3. The molecule has 452 valence electrons. The van der Waals surface area contributed by atoms with E-state index in [-0.39, 0.29) is 75.8 Å². The molecule has 6 amide bonds. The molecule has 0 aliphatic rings. The van der Waals surface area contributed by atoms with Crippen LogP contribution in [0.5, 0.6) is 0 Å². The summed E-state index contributed by atoms with van der Waals surface area (Å²) in [6.45, 7) is 5.61. The molecule has 14 N–H and O–H groups in total. The molecule has 18 heteroatoms. The van der Waals surface area contributed by atoms with E-state index >= 15 is 0 Å². The van der Waals surface area contributed by atoms with Crippen molar-refractivity contribution < 1.29 is 28.8 Å². The van der Waals surface area contributed by atoms with Gasteiger partial charge in [0.15, 0.2) is 11.9 Å². The van der Waals surface area contributed by atoms with Crippen molar-refractivity contribution in [2.24, 2.45) is 38.7 Å². The van der Waals surface area contributed by atoms with Crippen LogP contribution in [-0.2, 0) is 28.8 Å². The predicted octanol–water partition coefficient (Wildman–Crippen LogP) is 9.25. The lowest BCUT2D eigenvalue weighted by atomic mass is 10.0. The number of unbranched alkanes of at least 4 members (excludes halogenated alkanes) is 32. The molecular weight excluding hydrogens is 985 g/mol. The molecule has 0 bridgehead atoms. The topological polar surface area (TPSA) is 309 Å². The summed E-state index contributed by atoms with van der Waals surface area (Å²) in [6, 6.07) is -2.20. The van der Waals surface area contributed by atoms with Crippen LogP contribution in [0.15, 0.2) is 22.1 Å². The maximum atomic E-state index is 13.6. The monoisotopic (exact) mass is 1100 g/mol. The smallest absolute Gasteiger partial charge is 0.246 e. The van der Waals surface area contributed by atoms with Crippen LogP contribution in [0.3, 0.4) is 0 Å². The highest BCUT2D eigenvalue weighted by molar-refractivity contribution is 5.99. The van der Waals surface area contributed by atoms with Gasteiger partial charge in [-0.2, -0.15) is 0 Å². The SMILES string of the molecule is CCCCCCCCCCCCCCCCCCCC(=O)NCCN(CCNC(=O)CCCCCCCCCCCCCCCCCCC)C(=O)/C=C\C(=O)N[C@@H](CCCN=C(N)N)C(=O)N[C@@H](CCCN=C(N)N)C(N)=O. The van der Waals surface area contributed by atoms with Gasteiger partial charge in [-0.1, -0.05) is 219 Å². The lowest BCUT2D eigenvalue weighted by molar-refractivity contribution is -0.130. The first-order valence-electron chi connectivity index (χ1n) is 31.3. The second-order valence-corrected chi connectivity index (χ2v) is 21.6. The molecule has 0 aromatic carbocycles. The lowest BCUT2D eigenvalue weighted by Crippen LogP contribution is -2.52. The Kier molecular flexibility index (Phi) is 50.7. The number of primary amides is 1. The third-order valence-corrected chi connectivity index (χ3v) is 14.3. The number of amides is 6. The average molecular weight is 1100 g/mol. The molecule has 2 atom stereocenters. The van der Waals surface area contributed by atoms with Crippen molar-refractivity contribution in [1.29, 1.82) is 0 Å². The summed E-state index contributed by atoms with van der Waals surface area (Å²) >= 11 is 0. The van der Waals surface area contributed by atoms with Crippen molar-refractivity contribution in [2.45, 2.75) is 283 Å². The fourth-order valence-electron chi connectivity index (χ4n) is 9.50. The zero-order valence-corrected chi connectivity index (χ0v) is 49.5. The number of carbonyl (C=O) groups excluding carboxylic acids is 6. The molecule has 0 fully saturated rings. The molecule has 0 rings (SSSR count). The Morgan fingerprint density at radius 2 is 0.731 bits per heavy atom. The van der Waals surface area contributed by atoms with Crippen molar-refractivity contribution in [1.82, 2.24) is 26.2 Å². The number of nitrogens with one attached hydrogen (secondary N) is 4. The molecule has 0 heterocycles. The molecule has 0 aromatic rings. The summed E-state index contributed by atoms with van der Waals surface area (Å²) in [4.78, 5) is 87.4. The van der Waals surface area contributed by atoms with Crippen LogP contribution in [-0.4, -0.2) is 104 Å². The zero-order valence-electron chi connectivity index (χ0n) is 49.5. The molecule has 0 saturated heterocycles. The van der Waals surface area contributed by atoms with Crippen LogP contribution in [0.1, 0.15) is 271 Å². The number of guanidine groups is 2. The number of nitrogens with zero attached hydrogens (tertiary/aromatic N) is 3. The molecule has 0 unspecified atom stereocenters. The van der Waals surface area contributed by atoms with E-state index in [1.54, 1.807) is 0 Å². The minimum absolute atomic E-state index is 0.0860. The van der Waals surface area contributed by atoms with Crippen LogP contribution >= 0.6 is 0 Å². The van der Waals surface area contributed by atoms with Crippen LogP contribution in [0.2, 0.25) is 0 Å². The van der Waals surface area contributed by atoms with Gasteiger partial charge in [-0.3, -0.25) is 38.8 Å². The maximum Gasteiger partial charge on any atom is 0.246 e. The summed E-state index contributed by atoms with van der Waals surface area (Å²) < 4.78 is 0. The van der Waals surface area contributed by atoms with Gasteiger partial charge in [-0.15, -0.1) is 0 Å². The van der Waals surface area contributed by atoms with Gasteiger partial charge >= 0.3 is 0 Å². The second kappa shape index (κ2) is 54.1. The van der Waals surface area contributed by atoms with Gasteiger partial charge < -0.3 is 54.8 Å². The van der Waals surface area contributed by atoms with E-state index in [0.717, 1.165) is 50.7 Å². The molecule has 0 saturated carbocycles. The van der Waals surface area contributed by atoms with Crippen LogP contribution < -0.4 is 49.9 Å². The number of aliphatic imine (C=N–C) groups is 2. The first kappa shape index (κ1) is 73.1. The lowest BCUT2D eigenvalue weighted by Gasteiger charge is -2.22. The van der Waals surface area contributed by atoms with Gasteiger partial charge in [-0.25, -0.2) is 0 Å². The van der Waals surface area contributed by atoms with Gasteiger partial charge in [0.25, 0.3) is 0 Å². The molecule has 0 aromatic heterocycles. The van der Waals surface area contributed by atoms with Gasteiger partial charge in [0.1, 0.15) is 12.1 Å². The van der Waals surface area contributed by atoms with Crippen LogP contribution in [0, 0.1) is 0 Å². The van der Waals surface area contributed by atoms with Crippen molar-refractivity contribution in [3.63, 3.8) is 0 Å². The highest BCUT2D eigenvalue weighted by atomic mass is 16.2. The van der Waals surface area contributed by atoms with E-state index in [4.69, 9.17) is 28.7 Å². The van der Waals surface area contributed by atoms with Gasteiger partial charge in [0.2, 0.25) is 35.4 Å². The predicted molar refractivity (Wildman–Crippen MR) is 322 cm³/mol. The molecule has 0 aliphatic carbocycles. The van der Waals surface area contributed by atoms with E-state index in [0.29, 0.717) is 25.7 Å². The Hall–Kier alpha value is -4.90. The highest BCUT2D eigenvalue weighted by Crippen LogP contribution is 2.16. The van der Waals surface area contributed by atoms with Crippen molar-refractivity contribution in [3.8, 4) is 0 Å². The fraction of sp³-hybridized carbons (Fsp3) is 0.833. The number of carbonyl (C=O) groups is 6. The quantitative estimate of drug-likeness (QED) is 0.0120. The van der Waals surface area contributed by atoms with Gasteiger partial charge in [0, 0.05) is 64.3 Å². The Bertz CT molecular complexity index is 1560. The van der Waals surface area contributed by atoms with Crippen molar-refractivity contribution in [3.05, 3.63) is 12.2 Å². The van der Waals surface area contributed by atoms with Crippen molar-refractivity contribution in [2.75, 3.05) is 39.3 Å². The Morgan fingerprint density at radius 3 is 1.05 bits per heavy atom. The van der Waals surface area contributed by atoms with E-state index < -0.39 is 35.7 Å². The van der Waals surface area contributed by atoms with E-state index in [2.05, 4.69) is 45.1 Å². The molecule has 78 heavy (non-hydrogen) atoms. The molecular formula is C60H116N12O6. The highest BCUT2D eigenvalue weighted by Gasteiger charge is 2.25. The van der Waals surface area contributed by atoms with Gasteiger partial charge in [0.05, 0.1) is 0 Å². The summed E-state index contributed by atoms with van der Waals surface area (Å²) in [6.07, 6.45) is 46.9. The number of hydrogen-bond acceptors (Lipinski definition) is 8. The summed E-state index contributed by atoms with van der Waals surface area (Å²) in [5.74, 6) is -3.11. The van der Waals surface area contributed by atoms with E-state index in [1.807, 2.05) is 0 Å². The fourth-order valence-corrected chi connectivity index (χ4v) is 9.50. The number of rotatable bonds is 56. The Labute approximate surface area is 473 Å². The second-order valence-electron chi connectivity index (χ2n) is 21.6. The number of hydrogen-bond donors (Lipinski definition) is 9. The Morgan fingerprint density at radius 1 is 0.410 bits per heavy atom. The minimum Gasteiger partial charge on any atom is -0.370 e. The third kappa shape index (κ3) is 49.4. The molecule has 0 spiro atoms. The molecule has 0 radical (unpaired) electrons. The summed E-state index contributed by atoms with van der Waals surface area (Å²) in [5.41, 5.74) is 27.3. The van der Waals surface area contributed by atoms with E-state index in [9.17, 15) is 28.8 Å². The third-order valence-electron chi connectivity index (χ3n) is 14.3. The van der Waals surface area contributed by atoms with Crippen molar-refractivity contribution >= 4 is 47.4 Å². The summed E-state index contributed by atoms with van der Waals surface area (Å²) in [7, 11) is 0. The van der Waals surface area contributed by atoms with Gasteiger partial charge in [-0.05, 0) is 38.5 Å². The van der Waals surface area contributed by atoms with E-state index in [1.165, 1.54) is 185 Å². The number of nitrogens with two attached hydrogens (primary N) is 5. The zero-order chi connectivity index (χ0) is 57.5. The average Bonchev–Trinajstić information content (AvgIpc) is 3.40. The molecule has 18 nitrogen and oxygen atoms in total.